The third kappa shape index (κ3) is 3.26. The molecule has 1 aromatic carbocycles. The Hall–Kier alpha value is -3.17. The highest BCUT2D eigenvalue weighted by molar-refractivity contribution is 5.89. The standard InChI is InChI=1S/C24H27N7O2/c1-14-13-32-9-8-31(14)23-20-22(28-24(29-23)30-11-17-4-5-18(12-30)33-17)27-21(26-20)16-3-2-15-6-7-25-19(15)10-16/h2-3,6-7,10,14,17-18,25H,4-5,8-9,11-13H2,1H3,(H,26,27,28,29)/t14-,17?,18?/m0/s1. The first-order chi connectivity index (χ1) is 16.2. The van der Waals surface area contributed by atoms with Crippen LogP contribution >= 0.6 is 0 Å². The van der Waals surface area contributed by atoms with E-state index in [1.807, 2.05) is 6.20 Å². The predicted octanol–water partition coefficient (Wildman–Crippen LogP) is 3.09. The van der Waals surface area contributed by atoms with E-state index in [0.717, 1.165) is 72.3 Å². The number of imidazole rings is 1. The van der Waals surface area contributed by atoms with E-state index in [4.69, 9.17) is 24.4 Å². The van der Waals surface area contributed by atoms with Crippen molar-refractivity contribution in [3.8, 4) is 11.4 Å². The van der Waals surface area contributed by atoms with Gasteiger partial charge in [-0.05, 0) is 37.3 Å². The van der Waals surface area contributed by atoms with E-state index in [9.17, 15) is 0 Å². The lowest BCUT2D eigenvalue weighted by Gasteiger charge is -2.36. The number of benzene rings is 1. The first-order valence-electron chi connectivity index (χ1n) is 11.8. The molecule has 0 spiro atoms. The van der Waals surface area contributed by atoms with Crippen LogP contribution < -0.4 is 9.80 Å². The summed E-state index contributed by atoms with van der Waals surface area (Å²) in [5.74, 6) is 2.44. The number of hydrogen-bond donors (Lipinski definition) is 2. The summed E-state index contributed by atoms with van der Waals surface area (Å²) < 4.78 is 11.7. The van der Waals surface area contributed by atoms with Crippen LogP contribution in [0.4, 0.5) is 11.8 Å². The second-order valence-electron chi connectivity index (χ2n) is 9.39. The molecule has 3 aliphatic heterocycles. The number of nitrogens with one attached hydrogen (secondary N) is 2. The lowest BCUT2D eigenvalue weighted by atomic mass is 10.1. The summed E-state index contributed by atoms with van der Waals surface area (Å²) in [5.41, 5.74) is 3.69. The van der Waals surface area contributed by atoms with Crippen LogP contribution in [0.5, 0.6) is 0 Å². The minimum Gasteiger partial charge on any atom is -0.377 e. The van der Waals surface area contributed by atoms with Gasteiger partial charge in [0.25, 0.3) is 0 Å². The zero-order valence-electron chi connectivity index (χ0n) is 18.6. The molecule has 2 bridgehead atoms. The first-order valence-corrected chi connectivity index (χ1v) is 11.8. The van der Waals surface area contributed by atoms with E-state index in [2.05, 4.69) is 51.0 Å². The van der Waals surface area contributed by atoms with Gasteiger partial charge in [0.1, 0.15) is 5.82 Å². The van der Waals surface area contributed by atoms with Gasteiger partial charge in [0.15, 0.2) is 17.0 Å². The van der Waals surface area contributed by atoms with E-state index in [0.29, 0.717) is 13.2 Å². The molecule has 3 saturated heterocycles. The van der Waals surface area contributed by atoms with Gasteiger partial charge in [-0.3, -0.25) is 0 Å². The Balaban J connectivity index is 1.36. The van der Waals surface area contributed by atoms with Gasteiger partial charge in [-0.25, -0.2) is 4.98 Å². The maximum atomic E-state index is 6.04. The molecule has 9 nitrogen and oxygen atoms in total. The molecule has 2 unspecified atom stereocenters. The zero-order valence-corrected chi connectivity index (χ0v) is 18.6. The second-order valence-corrected chi connectivity index (χ2v) is 9.39. The molecule has 2 N–H and O–H groups in total. The van der Waals surface area contributed by atoms with Crippen LogP contribution in [0.15, 0.2) is 30.5 Å². The molecular formula is C24H27N7O2. The minimum absolute atomic E-state index is 0.223. The van der Waals surface area contributed by atoms with Crippen molar-refractivity contribution in [3.63, 3.8) is 0 Å². The molecule has 0 radical (unpaired) electrons. The summed E-state index contributed by atoms with van der Waals surface area (Å²) in [7, 11) is 0. The Morgan fingerprint density at radius 3 is 2.79 bits per heavy atom. The average Bonchev–Trinajstić information content (AvgIpc) is 3.56. The topological polar surface area (TPSA) is 95.2 Å². The van der Waals surface area contributed by atoms with Crippen molar-refractivity contribution in [2.75, 3.05) is 42.6 Å². The number of anilines is 2. The number of morpholine rings is 2. The summed E-state index contributed by atoms with van der Waals surface area (Å²) in [4.78, 5) is 26.4. The maximum Gasteiger partial charge on any atom is 0.229 e. The van der Waals surface area contributed by atoms with Gasteiger partial charge in [0.05, 0.1) is 31.5 Å². The predicted molar refractivity (Wildman–Crippen MR) is 127 cm³/mol. The van der Waals surface area contributed by atoms with Crippen molar-refractivity contribution < 1.29 is 9.47 Å². The molecular weight excluding hydrogens is 418 g/mol. The Morgan fingerprint density at radius 2 is 1.94 bits per heavy atom. The smallest absolute Gasteiger partial charge is 0.229 e. The zero-order chi connectivity index (χ0) is 21.9. The average molecular weight is 446 g/mol. The van der Waals surface area contributed by atoms with Crippen LogP contribution in [-0.4, -0.2) is 76.0 Å². The molecule has 170 valence electrons. The minimum atomic E-state index is 0.223. The molecule has 4 aromatic rings. The molecule has 3 atom stereocenters. The Labute approximate surface area is 191 Å². The van der Waals surface area contributed by atoms with Crippen molar-refractivity contribution in [3.05, 3.63) is 30.5 Å². The number of hydrogen-bond acceptors (Lipinski definition) is 7. The summed E-state index contributed by atoms with van der Waals surface area (Å²) in [6.07, 6.45) is 4.74. The summed E-state index contributed by atoms with van der Waals surface area (Å²) in [6, 6.07) is 8.63. The highest BCUT2D eigenvalue weighted by Crippen LogP contribution is 2.33. The van der Waals surface area contributed by atoms with E-state index in [-0.39, 0.29) is 18.2 Å². The van der Waals surface area contributed by atoms with Gasteiger partial charge >= 0.3 is 0 Å². The van der Waals surface area contributed by atoms with E-state index < -0.39 is 0 Å². The SMILES string of the molecule is C[C@H]1COCCN1c1nc(N2CC3CCC(C2)O3)nc2[nH]c(-c3ccc4cc[nH]c4c3)nc12. The highest BCUT2D eigenvalue weighted by Gasteiger charge is 2.36. The second kappa shape index (κ2) is 7.43. The molecule has 6 heterocycles. The quantitative estimate of drug-likeness (QED) is 0.500. The van der Waals surface area contributed by atoms with Crippen molar-refractivity contribution in [1.82, 2.24) is 24.9 Å². The van der Waals surface area contributed by atoms with E-state index in [1.165, 1.54) is 5.39 Å². The molecule has 3 fully saturated rings. The van der Waals surface area contributed by atoms with Crippen LogP contribution in [0.1, 0.15) is 19.8 Å². The fourth-order valence-electron chi connectivity index (χ4n) is 5.37. The maximum absolute atomic E-state index is 6.04. The molecule has 0 aliphatic carbocycles. The van der Waals surface area contributed by atoms with Crippen LogP contribution in [0.2, 0.25) is 0 Å². The van der Waals surface area contributed by atoms with Crippen LogP contribution in [0, 0.1) is 0 Å². The van der Waals surface area contributed by atoms with Gasteiger partial charge in [-0.1, -0.05) is 12.1 Å². The van der Waals surface area contributed by atoms with Gasteiger partial charge in [-0.2, -0.15) is 9.97 Å². The molecule has 0 saturated carbocycles. The van der Waals surface area contributed by atoms with E-state index in [1.54, 1.807) is 0 Å². The summed E-state index contributed by atoms with van der Waals surface area (Å²) in [5, 5.41) is 1.18. The Bertz CT molecular complexity index is 1320. The molecule has 33 heavy (non-hydrogen) atoms. The Morgan fingerprint density at radius 1 is 1.06 bits per heavy atom. The van der Waals surface area contributed by atoms with Crippen molar-refractivity contribution >= 4 is 33.8 Å². The first kappa shape index (κ1) is 19.3. The number of rotatable bonds is 3. The number of ether oxygens (including phenoxy) is 2. The van der Waals surface area contributed by atoms with Crippen molar-refractivity contribution in [1.29, 1.82) is 0 Å². The van der Waals surface area contributed by atoms with Gasteiger partial charge in [-0.15, -0.1) is 0 Å². The van der Waals surface area contributed by atoms with E-state index >= 15 is 0 Å². The van der Waals surface area contributed by atoms with Crippen LogP contribution in [-0.2, 0) is 9.47 Å². The fraction of sp³-hybridized carbons (Fsp3) is 0.458. The van der Waals surface area contributed by atoms with Gasteiger partial charge in [0.2, 0.25) is 5.95 Å². The number of aromatic amines is 2. The normalized spacial score (nSPS) is 25.4. The van der Waals surface area contributed by atoms with Gasteiger partial charge in [0, 0.05) is 36.9 Å². The van der Waals surface area contributed by atoms with Crippen molar-refractivity contribution in [2.24, 2.45) is 0 Å². The molecule has 7 rings (SSSR count). The summed E-state index contributed by atoms with van der Waals surface area (Å²) >= 11 is 0. The fourth-order valence-corrected chi connectivity index (χ4v) is 5.37. The van der Waals surface area contributed by atoms with Crippen molar-refractivity contribution in [2.45, 2.75) is 38.0 Å². The lowest BCUT2D eigenvalue weighted by Crippen LogP contribution is -2.45. The molecule has 3 aliphatic rings. The largest absolute Gasteiger partial charge is 0.377 e. The molecule has 9 heteroatoms. The number of aromatic nitrogens is 5. The number of H-pyrrole nitrogens is 2. The third-order valence-electron chi connectivity index (χ3n) is 7.11. The highest BCUT2D eigenvalue weighted by atomic mass is 16.5. The third-order valence-corrected chi connectivity index (χ3v) is 7.11. The van der Waals surface area contributed by atoms with Crippen LogP contribution in [0.25, 0.3) is 33.5 Å². The van der Waals surface area contributed by atoms with Crippen LogP contribution in [0.3, 0.4) is 0 Å². The molecule has 0 amide bonds. The molecule has 3 aromatic heterocycles. The summed E-state index contributed by atoms with van der Waals surface area (Å²) in [6.45, 7) is 6.01. The number of fused-ring (bicyclic) bond motifs is 4. The monoisotopic (exact) mass is 445 g/mol. The van der Waals surface area contributed by atoms with Gasteiger partial charge < -0.3 is 29.2 Å². The lowest BCUT2D eigenvalue weighted by molar-refractivity contribution is 0.0299. The number of nitrogens with zero attached hydrogens (tertiary/aromatic N) is 5. The Kier molecular flexibility index (Phi) is 4.35.